The summed E-state index contributed by atoms with van der Waals surface area (Å²) in [5.41, 5.74) is 2.69. The van der Waals surface area contributed by atoms with Gasteiger partial charge in [0.25, 0.3) is 5.91 Å². The van der Waals surface area contributed by atoms with Gasteiger partial charge in [0.05, 0.1) is 5.56 Å². The maximum atomic E-state index is 14.1. The molecule has 0 aliphatic heterocycles. The van der Waals surface area contributed by atoms with Crippen LogP contribution in [0.4, 0.5) is 0 Å². The predicted molar refractivity (Wildman–Crippen MR) is 128 cm³/mol. The highest BCUT2D eigenvalue weighted by Gasteiger charge is 2.36. The van der Waals surface area contributed by atoms with Crippen molar-refractivity contribution in [1.82, 2.24) is 19.0 Å². The zero-order valence-electron chi connectivity index (χ0n) is 18.9. The first-order valence-electron chi connectivity index (χ1n) is 11.0. The maximum absolute atomic E-state index is 14.1. The Hall–Kier alpha value is -2.40. The zero-order chi connectivity index (χ0) is 22.4. The topological polar surface area (TPSA) is 57.6 Å². The van der Waals surface area contributed by atoms with E-state index in [0.29, 0.717) is 38.3 Å². The van der Waals surface area contributed by atoms with Gasteiger partial charge < -0.3 is 4.57 Å². The van der Waals surface area contributed by atoms with Crippen LogP contribution in [0.5, 0.6) is 0 Å². The number of amides is 1. The van der Waals surface area contributed by atoms with Crippen molar-refractivity contribution in [2.45, 2.75) is 34.2 Å². The normalized spacial score (nSPS) is 12.1. The van der Waals surface area contributed by atoms with E-state index in [0.717, 1.165) is 16.5 Å². The number of carbonyl (C=O) groups excluding carboxylic acids is 1. The molecule has 0 bridgehead atoms. The second-order valence-corrected chi connectivity index (χ2v) is 9.88. The Morgan fingerprint density at radius 3 is 2.00 bits per heavy atom. The molecule has 0 spiro atoms. The smallest absolute Gasteiger partial charge is 0.310 e. The van der Waals surface area contributed by atoms with E-state index in [-0.39, 0.29) is 5.91 Å². The highest BCUT2D eigenvalue weighted by Crippen LogP contribution is 2.49. The maximum Gasteiger partial charge on any atom is 0.310 e. The number of rotatable bonds is 10. The number of aromatic nitrogens is 1. The number of para-hydroxylation sites is 1. The molecule has 1 N–H and O–H groups in total. The first kappa shape index (κ1) is 23.3. The third-order valence-corrected chi connectivity index (χ3v) is 8.86. The first-order valence-corrected chi connectivity index (χ1v) is 12.6. The lowest BCUT2D eigenvalue weighted by Crippen LogP contribution is -2.40. The highest BCUT2D eigenvalue weighted by atomic mass is 31.2. The van der Waals surface area contributed by atoms with Crippen LogP contribution in [-0.2, 0) is 11.1 Å². The minimum absolute atomic E-state index is 0.301. The summed E-state index contributed by atoms with van der Waals surface area (Å²) in [5.74, 6) is -0.301. The Morgan fingerprint density at radius 2 is 1.42 bits per heavy atom. The van der Waals surface area contributed by atoms with Crippen molar-refractivity contribution in [3.05, 3.63) is 71.9 Å². The molecule has 0 unspecified atom stereocenters. The van der Waals surface area contributed by atoms with Gasteiger partial charge in [-0.3, -0.25) is 14.4 Å². The summed E-state index contributed by atoms with van der Waals surface area (Å²) < 4.78 is 19.9. The lowest BCUT2D eigenvalue weighted by atomic mass is 10.2. The SMILES string of the molecule is CCN(CC)P(=O)(NC(=O)c1cn(Cc2ccccc2)c2ccccc12)N(CC)CC. The molecule has 3 aromatic rings. The Morgan fingerprint density at radius 1 is 0.871 bits per heavy atom. The Kier molecular flexibility index (Phi) is 7.71. The monoisotopic (exact) mass is 440 g/mol. The van der Waals surface area contributed by atoms with Crippen LogP contribution in [0.1, 0.15) is 43.6 Å². The molecule has 0 saturated carbocycles. The molecular formula is C24H33N4O2P. The van der Waals surface area contributed by atoms with E-state index in [4.69, 9.17) is 0 Å². The van der Waals surface area contributed by atoms with Gasteiger partial charge in [-0.15, -0.1) is 0 Å². The molecule has 2 aromatic carbocycles. The molecule has 1 amide bonds. The fourth-order valence-corrected chi connectivity index (χ4v) is 6.62. The number of hydrogen-bond donors (Lipinski definition) is 1. The van der Waals surface area contributed by atoms with Crippen LogP contribution in [0.3, 0.4) is 0 Å². The van der Waals surface area contributed by atoms with Gasteiger partial charge in [0, 0.05) is 49.8 Å². The van der Waals surface area contributed by atoms with E-state index < -0.39 is 7.59 Å². The van der Waals surface area contributed by atoms with Crippen LogP contribution in [0.25, 0.3) is 10.9 Å². The van der Waals surface area contributed by atoms with Crippen LogP contribution >= 0.6 is 7.59 Å². The number of fused-ring (bicyclic) bond motifs is 1. The number of hydrogen-bond acceptors (Lipinski definition) is 2. The Bertz CT molecular complexity index is 1040. The molecule has 0 saturated heterocycles. The van der Waals surface area contributed by atoms with Gasteiger partial charge in [0.15, 0.2) is 0 Å². The van der Waals surface area contributed by atoms with Crippen molar-refractivity contribution < 1.29 is 9.36 Å². The minimum Gasteiger partial charge on any atom is -0.342 e. The standard InChI is InChI=1S/C24H33N4O2P/c1-5-27(6-2)31(30,28(7-3)8-4)25-24(29)22-19-26(18-20-14-10-9-11-15-20)23-17-13-12-16-21(22)23/h9-17,19H,5-8,18H2,1-4H3,(H,25,29,30). The fourth-order valence-electron chi connectivity index (χ4n) is 4.07. The Labute approximate surface area is 185 Å². The molecule has 166 valence electrons. The minimum atomic E-state index is -3.24. The lowest BCUT2D eigenvalue weighted by Gasteiger charge is -2.37. The van der Waals surface area contributed by atoms with E-state index in [2.05, 4.69) is 21.8 Å². The molecule has 6 nitrogen and oxygen atoms in total. The summed E-state index contributed by atoms with van der Waals surface area (Å²) in [7, 11) is -3.24. The number of nitrogens with one attached hydrogen (secondary N) is 1. The summed E-state index contributed by atoms with van der Waals surface area (Å²) in [5, 5.41) is 3.80. The van der Waals surface area contributed by atoms with Gasteiger partial charge in [-0.2, -0.15) is 0 Å². The third kappa shape index (κ3) is 4.77. The Balaban J connectivity index is 2.00. The largest absolute Gasteiger partial charge is 0.342 e. The molecule has 31 heavy (non-hydrogen) atoms. The fraction of sp³-hybridized carbons (Fsp3) is 0.375. The predicted octanol–water partition coefficient (Wildman–Crippen LogP) is 5.21. The molecule has 1 aromatic heterocycles. The second-order valence-electron chi connectivity index (χ2n) is 7.44. The quantitative estimate of drug-likeness (QED) is 0.440. The van der Waals surface area contributed by atoms with Crippen molar-refractivity contribution in [3.63, 3.8) is 0 Å². The summed E-state index contributed by atoms with van der Waals surface area (Å²) in [6.07, 6.45) is 1.88. The number of carbonyl (C=O) groups is 1. The lowest BCUT2D eigenvalue weighted by molar-refractivity contribution is 0.0975. The molecule has 0 aliphatic rings. The van der Waals surface area contributed by atoms with E-state index >= 15 is 0 Å². The molecule has 3 rings (SSSR count). The highest BCUT2D eigenvalue weighted by molar-refractivity contribution is 7.57. The first-order chi connectivity index (χ1) is 15.0. The van der Waals surface area contributed by atoms with Gasteiger partial charge in [0.1, 0.15) is 0 Å². The average molecular weight is 441 g/mol. The number of nitrogens with zero attached hydrogens (tertiary/aromatic N) is 3. The van der Waals surface area contributed by atoms with Crippen LogP contribution < -0.4 is 5.09 Å². The second kappa shape index (κ2) is 10.3. The van der Waals surface area contributed by atoms with Crippen LogP contribution in [-0.4, -0.2) is 46.0 Å². The van der Waals surface area contributed by atoms with Crippen LogP contribution in [0, 0.1) is 0 Å². The van der Waals surface area contributed by atoms with E-state index in [9.17, 15) is 9.36 Å². The van der Waals surface area contributed by atoms with Gasteiger partial charge in [0.2, 0.25) is 0 Å². The van der Waals surface area contributed by atoms with Gasteiger partial charge >= 0.3 is 7.59 Å². The van der Waals surface area contributed by atoms with E-state index in [1.165, 1.54) is 0 Å². The average Bonchev–Trinajstić information content (AvgIpc) is 3.14. The van der Waals surface area contributed by atoms with Gasteiger partial charge in [-0.25, -0.2) is 9.34 Å². The molecule has 0 atom stereocenters. The zero-order valence-corrected chi connectivity index (χ0v) is 19.8. The summed E-state index contributed by atoms with van der Waals surface area (Å²) in [6, 6.07) is 18.0. The molecule has 0 radical (unpaired) electrons. The van der Waals surface area contributed by atoms with Crippen molar-refractivity contribution in [3.8, 4) is 0 Å². The molecule has 7 heteroatoms. The molecule has 1 heterocycles. The summed E-state index contributed by atoms with van der Waals surface area (Å²) in [6.45, 7) is 10.9. The summed E-state index contributed by atoms with van der Waals surface area (Å²) in [4.78, 5) is 13.5. The van der Waals surface area contributed by atoms with Crippen molar-refractivity contribution in [2.24, 2.45) is 0 Å². The van der Waals surface area contributed by atoms with Crippen LogP contribution in [0.2, 0.25) is 0 Å². The van der Waals surface area contributed by atoms with E-state index in [1.54, 1.807) is 0 Å². The summed E-state index contributed by atoms with van der Waals surface area (Å²) >= 11 is 0. The van der Waals surface area contributed by atoms with Gasteiger partial charge in [-0.1, -0.05) is 76.2 Å². The van der Waals surface area contributed by atoms with E-state index in [1.807, 2.05) is 85.7 Å². The van der Waals surface area contributed by atoms with Crippen molar-refractivity contribution >= 4 is 24.4 Å². The molecule has 0 fully saturated rings. The van der Waals surface area contributed by atoms with Crippen molar-refractivity contribution in [1.29, 1.82) is 0 Å². The van der Waals surface area contributed by atoms with Gasteiger partial charge in [-0.05, 0) is 11.6 Å². The molecule has 0 aliphatic carbocycles. The number of benzene rings is 2. The van der Waals surface area contributed by atoms with Crippen LogP contribution in [0.15, 0.2) is 60.8 Å². The van der Waals surface area contributed by atoms with Crippen molar-refractivity contribution in [2.75, 3.05) is 26.2 Å². The third-order valence-electron chi connectivity index (χ3n) is 5.70. The molecular weight excluding hydrogens is 407 g/mol.